The Labute approximate surface area is 332 Å². The van der Waals surface area contributed by atoms with E-state index >= 15 is 0 Å². The molecule has 18 heteroatoms. The largest absolute Gasteiger partial charge is 0.443 e. The number of benzene rings is 3. The molecule has 0 aromatic heterocycles. The standard InChI is InChI=1S/C33H24Cl8N4O6/c1-11-12(42-26-14-16(20(36)24(40)22(38)18(14)34)28(46)44(26)30(48)50-32(2,3)4)9-8-10-13(11)43-27-15-17(21(37)25(41)23(39)19(15)35)29(47)45(27)31(49)51-33(5,6)7/h8-10H,1-7H3. The quantitative estimate of drug-likeness (QED) is 0.187. The molecule has 0 N–H and O–H groups in total. The van der Waals surface area contributed by atoms with Gasteiger partial charge in [-0.25, -0.2) is 19.6 Å². The van der Waals surface area contributed by atoms with Crippen molar-refractivity contribution in [3.05, 3.63) is 86.2 Å². The highest BCUT2D eigenvalue weighted by Gasteiger charge is 2.47. The summed E-state index contributed by atoms with van der Waals surface area (Å²) in [7, 11) is 0. The minimum Gasteiger partial charge on any atom is -0.443 e. The van der Waals surface area contributed by atoms with E-state index in [-0.39, 0.29) is 85.5 Å². The van der Waals surface area contributed by atoms with Crippen molar-refractivity contribution in [3.8, 4) is 0 Å². The van der Waals surface area contributed by atoms with E-state index in [0.717, 1.165) is 0 Å². The molecule has 0 saturated heterocycles. The number of aliphatic imine (C=N–C) groups is 2. The van der Waals surface area contributed by atoms with Gasteiger partial charge in [0.25, 0.3) is 11.8 Å². The van der Waals surface area contributed by atoms with E-state index in [4.69, 9.17) is 102 Å². The van der Waals surface area contributed by atoms with Crippen LogP contribution in [0.4, 0.5) is 21.0 Å². The maximum atomic E-state index is 13.8. The summed E-state index contributed by atoms with van der Waals surface area (Å²) < 4.78 is 11.0. The predicted molar refractivity (Wildman–Crippen MR) is 201 cm³/mol. The monoisotopic (exact) mass is 852 g/mol. The summed E-state index contributed by atoms with van der Waals surface area (Å²) in [4.78, 5) is 65.1. The number of halogens is 8. The number of amides is 4. The summed E-state index contributed by atoms with van der Waals surface area (Å²) in [5.41, 5.74) is -1.95. The molecule has 268 valence electrons. The fourth-order valence-electron chi connectivity index (χ4n) is 4.97. The molecule has 0 radical (unpaired) electrons. The molecule has 3 aromatic rings. The Bertz CT molecular complexity index is 2020. The van der Waals surface area contributed by atoms with Crippen LogP contribution in [0.25, 0.3) is 0 Å². The molecule has 4 amide bonds. The molecular weight excluding hydrogens is 832 g/mol. The van der Waals surface area contributed by atoms with Crippen LogP contribution in [0.5, 0.6) is 0 Å². The first-order valence-electron chi connectivity index (χ1n) is 14.6. The maximum absolute atomic E-state index is 13.8. The third-order valence-electron chi connectivity index (χ3n) is 7.12. The van der Waals surface area contributed by atoms with Crippen molar-refractivity contribution in [3.63, 3.8) is 0 Å². The molecule has 2 aliphatic rings. The van der Waals surface area contributed by atoms with Gasteiger partial charge in [0.15, 0.2) is 11.7 Å². The van der Waals surface area contributed by atoms with Gasteiger partial charge in [0.05, 0.1) is 73.8 Å². The van der Waals surface area contributed by atoms with Crippen LogP contribution in [0.2, 0.25) is 40.2 Å². The Kier molecular flexibility index (Phi) is 10.7. The molecule has 2 aliphatic heterocycles. The van der Waals surface area contributed by atoms with Crippen LogP contribution in [-0.4, -0.2) is 56.7 Å². The molecule has 51 heavy (non-hydrogen) atoms. The maximum Gasteiger partial charge on any atom is 0.423 e. The number of carbonyl (C=O) groups excluding carboxylic acids is 4. The highest BCUT2D eigenvalue weighted by Crippen LogP contribution is 2.48. The van der Waals surface area contributed by atoms with Gasteiger partial charge in [0.1, 0.15) is 11.2 Å². The first kappa shape index (κ1) is 39.4. The molecule has 0 saturated carbocycles. The summed E-state index contributed by atoms with van der Waals surface area (Å²) in [6.07, 6.45) is -2.15. The van der Waals surface area contributed by atoms with E-state index in [1.54, 1.807) is 66.7 Å². The number of fused-ring (bicyclic) bond motifs is 2. The minimum atomic E-state index is -1.08. The predicted octanol–water partition coefficient (Wildman–Crippen LogP) is 12.2. The van der Waals surface area contributed by atoms with E-state index in [1.165, 1.54) is 0 Å². The number of nitrogens with zero attached hydrogens (tertiary/aromatic N) is 4. The molecule has 10 nitrogen and oxygen atoms in total. The van der Waals surface area contributed by atoms with E-state index in [2.05, 4.69) is 9.98 Å². The summed E-state index contributed by atoms with van der Waals surface area (Å²) >= 11 is 51.4. The van der Waals surface area contributed by atoms with Gasteiger partial charge in [-0.2, -0.15) is 9.80 Å². The number of ether oxygens (including phenoxy) is 2. The number of hydrogen-bond acceptors (Lipinski definition) is 8. The Morgan fingerprint density at radius 2 is 0.843 bits per heavy atom. The smallest absolute Gasteiger partial charge is 0.423 e. The van der Waals surface area contributed by atoms with Gasteiger partial charge in [-0.3, -0.25) is 9.59 Å². The molecular formula is C33H24Cl8N4O6. The fourth-order valence-corrected chi connectivity index (χ4v) is 7.01. The highest BCUT2D eigenvalue weighted by atomic mass is 35.5. The van der Waals surface area contributed by atoms with Crippen molar-refractivity contribution in [1.82, 2.24) is 9.80 Å². The molecule has 3 aromatic carbocycles. The average Bonchev–Trinajstić information content (AvgIpc) is 3.47. The lowest BCUT2D eigenvalue weighted by molar-refractivity contribution is 0.0340. The third-order valence-corrected chi connectivity index (χ3v) is 10.7. The van der Waals surface area contributed by atoms with Crippen molar-refractivity contribution in [2.45, 2.75) is 59.7 Å². The topological polar surface area (TPSA) is 118 Å². The fraction of sp³-hybridized carbons (Fsp3) is 0.273. The highest BCUT2D eigenvalue weighted by molar-refractivity contribution is 6.57. The van der Waals surface area contributed by atoms with E-state index in [0.29, 0.717) is 15.4 Å². The van der Waals surface area contributed by atoms with Crippen LogP contribution < -0.4 is 0 Å². The molecule has 0 bridgehead atoms. The summed E-state index contributed by atoms with van der Waals surface area (Å²) in [6.45, 7) is 11.3. The van der Waals surface area contributed by atoms with Gasteiger partial charge in [-0.05, 0) is 60.6 Å². The molecule has 5 rings (SSSR count). The summed E-state index contributed by atoms with van der Waals surface area (Å²) in [5.74, 6) is -2.35. The van der Waals surface area contributed by atoms with Crippen LogP contribution in [0.1, 0.15) is 78.9 Å². The number of imide groups is 2. The van der Waals surface area contributed by atoms with Gasteiger partial charge in [0, 0.05) is 5.56 Å². The van der Waals surface area contributed by atoms with Gasteiger partial charge in [-0.15, -0.1) is 0 Å². The zero-order chi connectivity index (χ0) is 38.2. The van der Waals surface area contributed by atoms with Gasteiger partial charge >= 0.3 is 12.2 Å². The molecule has 0 spiro atoms. The van der Waals surface area contributed by atoms with Crippen molar-refractivity contribution >= 4 is 140 Å². The minimum absolute atomic E-state index is 0.0672. The second kappa shape index (κ2) is 13.9. The molecule has 0 fully saturated rings. The SMILES string of the molecule is Cc1c(N=C2c3c(Cl)c(Cl)c(Cl)c(Cl)c3C(=O)N2C(=O)OC(C)(C)C)cccc1N=C1c2c(Cl)c(Cl)c(Cl)c(Cl)c2C(=O)N1C(=O)OC(C)(C)C. The van der Waals surface area contributed by atoms with Crippen LogP contribution in [0.3, 0.4) is 0 Å². The van der Waals surface area contributed by atoms with Crippen LogP contribution in [0, 0.1) is 6.92 Å². The molecule has 0 unspecified atom stereocenters. The first-order chi connectivity index (χ1) is 23.5. The number of rotatable bonds is 2. The number of carbonyl (C=O) groups is 4. The molecule has 0 atom stereocenters. The Hall–Kier alpha value is -2.80. The lowest BCUT2D eigenvalue weighted by Crippen LogP contribution is -2.40. The average molecular weight is 856 g/mol. The van der Waals surface area contributed by atoms with Gasteiger partial charge in [-0.1, -0.05) is 98.9 Å². The van der Waals surface area contributed by atoms with Crippen LogP contribution >= 0.6 is 92.8 Å². The molecule has 2 heterocycles. The Morgan fingerprint density at radius 3 is 1.14 bits per heavy atom. The second-order valence-corrected chi connectivity index (χ2v) is 16.1. The Balaban J connectivity index is 1.76. The van der Waals surface area contributed by atoms with E-state index in [1.807, 2.05) is 0 Å². The molecule has 0 aliphatic carbocycles. The number of amidine groups is 2. The Morgan fingerprint density at radius 1 is 0.549 bits per heavy atom. The summed E-state index contributed by atoms with van der Waals surface area (Å²) in [6, 6.07) is 4.65. The van der Waals surface area contributed by atoms with Crippen molar-refractivity contribution in [2.75, 3.05) is 0 Å². The normalized spacial score (nSPS) is 16.0. The van der Waals surface area contributed by atoms with Gasteiger partial charge in [0.2, 0.25) is 0 Å². The van der Waals surface area contributed by atoms with Crippen molar-refractivity contribution in [2.24, 2.45) is 9.98 Å². The van der Waals surface area contributed by atoms with Crippen molar-refractivity contribution in [1.29, 1.82) is 0 Å². The van der Waals surface area contributed by atoms with Crippen LogP contribution in [-0.2, 0) is 9.47 Å². The number of hydrogen-bond donors (Lipinski definition) is 0. The van der Waals surface area contributed by atoms with E-state index in [9.17, 15) is 19.2 Å². The zero-order valence-electron chi connectivity index (χ0n) is 27.5. The van der Waals surface area contributed by atoms with Gasteiger partial charge < -0.3 is 9.47 Å². The summed E-state index contributed by atoms with van der Waals surface area (Å²) in [5, 5.41) is -1.62. The second-order valence-electron chi connectivity index (χ2n) is 13.0. The van der Waals surface area contributed by atoms with Crippen molar-refractivity contribution < 1.29 is 28.7 Å². The van der Waals surface area contributed by atoms with Crippen LogP contribution in [0.15, 0.2) is 28.2 Å². The zero-order valence-corrected chi connectivity index (χ0v) is 33.5. The lowest BCUT2D eigenvalue weighted by atomic mass is 10.1. The third kappa shape index (κ3) is 7.02. The van der Waals surface area contributed by atoms with E-state index < -0.39 is 35.2 Å². The first-order valence-corrected chi connectivity index (χ1v) is 17.6. The lowest BCUT2D eigenvalue weighted by Gasteiger charge is -2.24.